The van der Waals surface area contributed by atoms with Gasteiger partial charge in [-0.05, 0) is 25.5 Å². The molecular weight excluding hydrogens is 224 g/mol. The van der Waals surface area contributed by atoms with E-state index in [4.69, 9.17) is 0 Å². The molecule has 0 aromatic carbocycles. The molecule has 1 fully saturated rings. The maximum atomic E-state index is 4.61. The number of thioether (sulfide) groups is 2. The average Bonchev–Trinajstić information content (AvgIpc) is 2.23. The van der Waals surface area contributed by atoms with Crippen LogP contribution in [0, 0.1) is 5.92 Å². The summed E-state index contributed by atoms with van der Waals surface area (Å²) in [6.45, 7) is 7.75. The lowest BCUT2D eigenvalue weighted by molar-refractivity contribution is 0.490. The molecule has 1 aliphatic rings. The van der Waals surface area contributed by atoms with Crippen molar-refractivity contribution in [3.8, 4) is 0 Å². The highest BCUT2D eigenvalue weighted by atomic mass is 32.2. The molecule has 0 aromatic rings. The Balaban J connectivity index is 2.28. The average molecular weight is 246 g/mol. The van der Waals surface area contributed by atoms with E-state index in [2.05, 4.69) is 37.3 Å². The van der Waals surface area contributed by atoms with E-state index in [-0.39, 0.29) is 0 Å². The SMILES string of the molecule is CSC(C)CCN=C1NC(C)C(C)CS1. The molecule has 88 valence electrons. The maximum absolute atomic E-state index is 4.61. The monoisotopic (exact) mass is 246 g/mol. The second-order valence-corrected chi connectivity index (χ2v) is 6.53. The van der Waals surface area contributed by atoms with Gasteiger partial charge in [-0.15, -0.1) is 0 Å². The van der Waals surface area contributed by atoms with Crippen LogP contribution in [0.3, 0.4) is 0 Å². The largest absolute Gasteiger partial charge is 0.362 e. The quantitative estimate of drug-likeness (QED) is 0.825. The normalized spacial score (nSPS) is 31.3. The van der Waals surface area contributed by atoms with Crippen molar-refractivity contribution in [1.82, 2.24) is 5.32 Å². The molecule has 1 saturated heterocycles. The molecule has 3 unspecified atom stereocenters. The van der Waals surface area contributed by atoms with Gasteiger partial charge in [0.05, 0.1) is 0 Å². The zero-order valence-electron chi connectivity index (χ0n) is 10.1. The minimum atomic E-state index is 0.572. The fraction of sp³-hybridized carbons (Fsp3) is 0.909. The van der Waals surface area contributed by atoms with Gasteiger partial charge in [0.25, 0.3) is 0 Å². The van der Waals surface area contributed by atoms with Gasteiger partial charge in [0.1, 0.15) is 0 Å². The highest BCUT2D eigenvalue weighted by Crippen LogP contribution is 2.19. The van der Waals surface area contributed by atoms with Gasteiger partial charge in [-0.25, -0.2) is 0 Å². The molecular formula is C11H22N2S2. The van der Waals surface area contributed by atoms with E-state index in [9.17, 15) is 0 Å². The third-order valence-corrected chi connectivity index (χ3v) is 5.13. The van der Waals surface area contributed by atoms with Gasteiger partial charge in [0.2, 0.25) is 0 Å². The number of nitrogens with zero attached hydrogens (tertiary/aromatic N) is 1. The lowest BCUT2D eigenvalue weighted by Crippen LogP contribution is -2.41. The number of aliphatic imine (C=N–C) groups is 1. The highest BCUT2D eigenvalue weighted by Gasteiger charge is 2.20. The third kappa shape index (κ3) is 4.68. The molecule has 1 N–H and O–H groups in total. The molecule has 4 heteroatoms. The van der Waals surface area contributed by atoms with E-state index in [1.807, 2.05) is 23.5 Å². The Morgan fingerprint density at radius 2 is 2.33 bits per heavy atom. The van der Waals surface area contributed by atoms with Gasteiger partial charge in [-0.2, -0.15) is 11.8 Å². The summed E-state index contributed by atoms with van der Waals surface area (Å²) in [5.74, 6) is 1.95. The molecule has 15 heavy (non-hydrogen) atoms. The molecule has 0 aromatic heterocycles. The summed E-state index contributed by atoms with van der Waals surface area (Å²) in [6.07, 6.45) is 3.34. The first kappa shape index (κ1) is 13.2. The Morgan fingerprint density at radius 3 is 2.93 bits per heavy atom. The van der Waals surface area contributed by atoms with E-state index in [0.717, 1.165) is 22.9 Å². The summed E-state index contributed by atoms with van der Waals surface area (Å²) in [5.41, 5.74) is 0. The molecule has 0 amide bonds. The Bertz CT molecular complexity index is 219. The zero-order valence-corrected chi connectivity index (χ0v) is 11.8. The first-order valence-electron chi connectivity index (χ1n) is 5.60. The van der Waals surface area contributed by atoms with Crippen LogP contribution < -0.4 is 5.32 Å². The van der Waals surface area contributed by atoms with Crippen LogP contribution in [0.5, 0.6) is 0 Å². The second kappa shape index (κ2) is 6.69. The molecule has 0 radical (unpaired) electrons. The summed E-state index contributed by atoms with van der Waals surface area (Å²) >= 11 is 3.78. The van der Waals surface area contributed by atoms with E-state index >= 15 is 0 Å². The number of hydrogen-bond acceptors (Lipinski definition) is 3. The van der Waals surface area contributed by atoms with Crippen LogP contribution in [0.15, 0.2) is 4.99 Å². The van der Waals surface area contributed by atoms with Crippen molar-refractivity contribution in [2.24, 2.45) is 10.9 Å². The van der Waals surface area contributed by atoms with Crippen molar-refractivity contribution in [2.45, 2.75) is 38.5 Å². The van der Waals surface area contributed by atoms with Crippen molar-refractivity contribution >= 4 is 28.7 Å². The molecule has 1 heterocycles. The fourth-order valence-corrected chi connectivity index (χ4v) is 2.79. The van der Waals surface area contributed by atoms with Gasteiger partial charge in [-0.3, -0.25) is 4.99 Å². The molecule has 3 atom stereocenters. The first-order valence-corrected chi connectivity index (χ1v) is 7.87. The minimum Gasteiger partial charge on any atom is -0.362 e. The van der Waals surface area contributed by atoms with Crippen molar-refractivity contribution in [2.75, 3.05) is 18.6 Å². The molecule has 0 saturated carbocycles. The van der Waals surface area contributed by atoms with Crippen molar-refractivity contribution in [3.05, 3.63) is 0 Å². The molecule has 1 aliphatic heterocycles. The lowest BCUT2D eigenvalue weighted by atomic mass is 10.1. The van der Waals surface area contributed by atoms with Gasteiger partial charge >= 0.3 is 0 Å². The standard InChI is InChI=1S/C11H22N2S2/c1-8-7-15-11(13-10(8)3)12-6-5-9(2)14-4/h8-10H,5-7H2,1-4H3,(H,12,13). The van der Waals surface area contributed by atoms with Crippen LogP contribution in [-0.4, -0.2) is 35.0 Å². The number of nitrogens with one attached hydrogen (secondary N) is 1. The highest BCUT2D eigenvalue weighted by molar-refractivity contribution is 8.13. The second-order valence-electron chi connectivity index (χ2n) is 4.24. The van der Waals surface area contributed by atoms with Crippen LogP contribution in [0.25, 0.3) is 0 Å². The maximum Gasteiger partial charge on any atom is 0.156 e. The fourth-order valence-electron chi connectivity index (χ4n) is 1.29. The van der Waals surface area contributed by atoms with Gasteiger partial charge in [0, 0.05) is 23.6 Å². The lowest BCUT2D eigenvalue weighted by Gasteiger charge is -2.28. The van der Waals surface area contributed by atoms with E-state index in [1.54, 1.807) is 0 Å². The Morgan fingerprint density at radius 1 is 1.60 bits per heavy atom. The van der Waals surface area contributed by atoms with E-state index in [1.165, 1.54) is 12.2 Å². The van der Waals surface area contributed by atoms with Crippen LogP contribution in [-0.2, 0) is 0 Å². The van der Waals surface area contributed by atoms with Gasteiger partial charge in [0.15, 0.2) is 5.17 Å². The molecule has 0 aliphatic carbocycles. The summed E-state index contributed by atoms with van der Waals surface area (Å²) in [6, 6.07) is 0.572. The zero-order chi connectivity index (χ0) is 11.3. The minimum absolute atomic E-state index is 0.572. The Kier molecular flexibility index (Phi) is 5.90. The van der Waals surface area contributed by atoms with E-state index in [0.29, 0.717) is 6.04 Å². The van der Waals surface area contributed by atoms with Crippen LogP contribution >= 0.6 is 23.5 Å². The van der Waals surface area contributed by atoms with Crippen LogP contribution in [0.2, 0.25) is 0 Å². The van der Waals surface area contributed by atoms with Crippen molar-refractivity contribution < 1.29 is 0 Å². The molecule has 0 bridgehead atoms. The Labute approximate surface area is 102 Å². The Hall–Kier alpha value is 0.170. The van der Waals surface area contributed by atoms with Crippen LogP contribution in [0.1, 0.15) is 27.2 Å². The summed E-state index contributed by atoms with van der Waals surface area (Å²) in [5, 5.41) is 5.33. The van der Waals surface area contributed by atoms with Crippen molar-refractivity contribution in [1.29, 1.82) is 0 Å². The predicted molar refractivity (Wildman–Crippen MR) is 74.1 cm³/mol. The molecule has 1 rings (SSSR count). The topological polar surface area (TPSA) is 24.4 Å². The number of hydrogen-bond donors (Lipinski definition) is 1. The number of amidine groups is 1. The summed E-state index contributed by atoms with van der Waals surface area (Å²) in [4.78, 5) is 4.61. The van der Waals surface area contributed by atoms with Gasteiger partial charge in [-0.1, -0.05) is 25.6 Å². The molecule has 2 nitrogen and oxygen atoms in total. The van der Waals surface area contributed by atoms with Crippen LogP contribution in [0.4, 0.5) is 0 Å². The third-order valence-electron chi connectivity index (χ3n) is 2.88. The van der Waals surface area contributed by atoms with Gasteiger partial charge < -0.3 is 5.32 Å². The van der Waals surface area contributed by atoms with Crippen molar-refractivity contribution in [3.63, 3.8) is 0 Å². The molecule has 0 spiro atoms. The first-order chi connectivity index (χ1) is 7.13. The smallest absolute Gasteiger partial charge is 0.156 e. The predicted octanol–water partition coefficient (Wildman–Crippen LogP) is 2.85. The summed E-state index contributed by atoms with van der Waals surface area (Å²) < 4.78 is 0. The number of rotatable bonds is 4. The summed E-state index contributed by atoms with van der Waals surface area (Å²) in [7, 11) is 0. The van der Waals surface area contributed by atoms with E-state index < -0.39 is 0 Å².